The molecule has 0 aromatic heterocycles. The van der Waals surface area contributed by atoms with Gasteiger partial charge in [-0.15, -0.1) is 11.8 Å². The first-order valence-electron chi connectivity index (χ1n) is 7.01. The van der Waals surface area contributed by atoms with E-state index in [2.05, 4.69) is 47.2 Å². The normalized spacial score (nSPS) is 16.9. The van der Waals surface area contributed by atoms with E-state index in [0.29, 0.717) is 0 Å². The molecule has 1 heterocycles. The Morgan fingerprint density at radius 3 is 2.63 bits per heavy atom. The summed E-state index contributed by atoms with van der Waals surface area (Å²) in [6, 6.07) is 10.6. The van der Waals surface area contributed by atoms with Gasteiger partial charge in [-0.25, -0.2) is 0 Å². The molecule has 0 N–H and O–H groups in total. The molecule has 1 saturated heterocycles. The zero-order chi connectivity index (χ0) is 13.3. The Morgan fingerprint density at radius 2 is 1.89 bits per heavy atom. The summed E-state index contributed by atoms with van der Waals surface area (Å²) in [4.78, 5) is 6.28. The Balaban J connectivity index is 1.55. The van der Waals surface area contributed by atoms with Gasteiger partial charge in [0, 0.05) is 43.4 Å². The molecular formula is C15H24N2OS. The SMILES string of the molecule is CN(CCSc1ccccc1)CCN1CCOCC1. The van der Waals surface area contributed by atoms with Gasteiger partial charge in [0.05, 0.1) is 13.2 Å². The lowest BCUT2D eigenvalue weighted by atomic mass is 10.4. The van der Waals surface area contributed by atoms with Gasteiger partial charge in [-0.05, 0) is 19.2 Å². The van der Waals surface area contributed by atoms with Crippen LogP contribution in [0.15, 0.2) is 35.2 Å². The van der Waals surface area contributed by atoms with E-state index in [1.807, 2.05) is 11.8 Å². The second-order valence-corrected chi connectivity index (χ2v) is 6.09. The number of likely N-dealkylation sites (N-methyl/N-ethyl adjacent to an activating group) is 1. The van der Waals surface area contributed by atoms with Gasteiger partial charge in [0.15, 0.2) is 0 Å². The van der Waals surface area contributed by atoms with Crippen LogP contribution in [0, 0.1) is 0 Å². The van der Waals surface area contributed by atoms with Crippen molar-refractivity contribution in [1.82, 2.24) is 9.80 Å². The first-order chi connectivity index (χ1) is 9.34. The Bertz CT molecular complexity index is 341. The molecule has 0 amide bonds. The highest BCUT2D eigenvalue weighted by Gasteiger charge is 2.10. The third kappa shape index (κ3) is 5.95. The van der Waals surface area contributed by atoms with Crippen molar-refractivity contribution < 1.29 is 4.74 Å². The Hall–Kier alpha value is -0.550. The number of morpholine rings is 1. The predicted molar refractivity (Wildman–Crippen MR) is 81.9 cm³/mol. The van der Waals surface area contributed by atoms with Gasteiger partial charge in [0.2, 0.25) is 0 Å². The van der Waals surface area contributed by atoms with Crippen molar-refractivity contribution in [3.05, 3.63) is 30.3 Å². The van der Waals surface area contributed by atoms with E-state index >= 15 is 0 Å². The average Bonchev–Trinajstić information content (AvgIpc) is 2.47. The first-order valence-corrected chi connectivity index (χ1v) is 7.99. The minimum Gasteiger partial charge on any atom is -0.379 e. The average molecular weight is 280 g/mol. The summed E-state index contributed by atoms with van der Waals surface area (Å²) in [6.07, 6.45) is 0. The zero-order valence-electron chi connectivity index (χ0n) is 11.8. The number of hydrogen-bond donors (Lipinski definition) is 0. The van der Waals surface area contributed by atoms with Crippen molar-refractivity contribution >= 4 is 11.8 Å². The molecule has 0 spiro atoms. The fourth-order valence-electron chi connectivity index (χ4n) is 2.08. The molecule has 0 atom stereocenters. The third-order valence-electron chi connectivity index (χ3n) is 3.39. The summed E-state index contributed by atoms with van der Waals surface area (Å²) in [5, 5.41) is 0. The standard InChI is InChI=1S/C15H24N2OS/c1-16(7-8-17-9-12-18-13-10-17)11-14-19-15-5-3-2-4-6-15/h2-6H,7-14H2,1H3. The van der Waals surface area contributed by atoms with Crippen molar-refractivity contribution in [2.75, 3.05) is 58.7 Å². The van der Waals surface area contributed by atoms with E-state index in [0.717, 1.165) is 51.7 Å². The molecule has 3 nitrogen and oxygen atoms in total. The van der Waals surface area contributed by atoms with Crippen molar-refractivity contribution in [2.45, 2.75) is 4.90 Å². The van der Waals surface area contributed by atoms with Crippen LogP contribution in [0.1, 0.15) is 0 Å². The van der Waals surface area contributed by atoms with Crippen LogP contribution in [-0.2, 0) is 4.74 Å². The van der Waals surface area contributed by atoms with Crippen LogP contribution in [0.2, 0.25) is 0 Å². The molecule has 0 radical (unpaired) electrons. The van der Waals surface area contributed by atoms with Crippen molar-refractivity contribution in [2.24, 2.45) is 0 Å². The summed E-state index contributed by atoms with van der Waals surface area (Å²) in [5.41, 5.74) is 0. The highest BCUT2D eigenvalue weighted by atomic mass is 32.2. The molecule has 1 fully saturated rings. The van der Waals surface area contributed by atoms with Crippen LogP contribution in [0.25, 0.3) is 0 Å². The maximum absolute atomic E-state index is 5.36. The minimum absolute atomic E-state index is 0.896. The smallest absolute Gasteiger partial charge is 0.0594 e. The fourth-order valence-corrected chi connectivity index (χ4v) is 3.07. The van der Waals surface area contributed by atoms with E-state index in [9.17, 15) is 0 Å². The molecule has 4 heteroatoms. The molecule has 106 valence electrons. The molecule has 1 aromatic rings. The maximum atomic E-state index is 5.36. The van der Waals surface area contributed by atoms with Gasteiger partial charge in [-0.1, -0.05) is 18.2 Å². The van der Waals surface area contributed by atoms with E-state index in [1.54, 1.807) is 0 Å². The highest BCUT2D eigenvalue weighted by molar-refractivity contribution is 7.99. The molecule has 1 aliphatic rings. The molecule has 0 unspecified atom stereocenters. The molecule has 0 bridgehead atoms. The fraction of sp³-hybridized carbons (Fsp3) is 0.600. The van der Waals surface area contributed by atoms with Crippen LogP contribution in [0.5, 0.6) is 0 Å². The number of nitrogens with zero attached hydrogens (tertiary/aromatic N) is 2. The summed E-state index contributed by atoms with van der Waals surface area (Å²) >= 11 is 1.93. The van der Waals surface area contributed by atoms with Crippen molar-refractivity contribution in [1.29, 1.82) is 0 Å². The number of benzene rings is 1. The largest absolute Gasteiger partial charge is 0.379 e. The van der Waals surface area contributed by atoms with Crippen LogP contribution in [0.3, 0.4) is 0 Å². The van der Waals surface area contributed by atoms with E-state index in [-0.39, 0.29) is 0 Å². The third-order valence-corrected chi connectivity index (χ3v) is 4.38. The quantitative estimate of drug-likeness (QED) is 0.710. The summed E-state index contributed by atoms with van der Waals surface area (Å²) < 4.78 is 5.36. The lowest BCUT2D eigenvalue weighted by Crippen LogP contribution is -2.41. The Kier molecular flexibility index (Phi) is 6.71. The topological polar surface area (TPSA) is 15.7 Å². The predicted octanol–water partition coefficient (Wildman–Crippen LogP) is 2.04. The highest BCUT2D eigenvalue weighted by Crippen LogP contribution is 2.16. The van der Waals surface area contributed by atoms with Gasteiger partial charge in [0.1, 0.15) is 0 Å². The molecule has 0 saturated carbocycles. The van der Waals surface area contributed by atoms with Gasteiger partial charge >= 0.3 is 0 Å². The molecular weight excluding hydrogens is 256 g/mol. The van der Waals surface area contributed by atoms with Crippen LogP contribution in [0.4, 0.5) is 0 Å². The molecule has 1 aromatic carbocycles. The van der Waals surface area contributed by atoms with E-state index in [4.69, 9.17) is 4.74 Å². The molecule has 2 rings (SSSR count). The van der Waals surface area contributed by atoms with Gasteiger partial charge < -0.3 is 9.64 Å². The minimum atomic E-state index is 0.896. The zero-order valence-corrected chi connectivity index (χ0v) is 12.6. The van der Waals surface area contributed by atoms with Gasteiger partial charge in [-0.2, -0.15) is 0 Å². The van der Waals surface area contributed by atoms with E-state index in [1.165, 1.54) is 4.90 Å². The second kappa shape index (κ2) is 8.59. The first kappa shape index (κ1) is 14.9. The number of thioether (sulfide) groups is 1. The number of ether oxygens (including phenoxy) is 1. The maximum Gasteiger partial charge on any atom is 0.0594 e. The van der Waals surface area contributed by atoms with Crippen molar-refractivity contribution in [3.8, 4) is 0 Å². The monoisotopic (exact) mass is 280 g/mol. The number of rotatable bonds is 7. The molecule has 19 heavy (non-hydrogen) atoms. The second-order valence-electron chi connectivity index (χ2n) is 4.92. The van der Waals surface area contributed by atoms with E-state index < -0.39 is 0 Å². The van der Waals surface area contributed by atoms with Crippen LogP contribution < -0.4 is 0 Å². The lowest BCUT2D eigenvalue weighted by Gasteiger charge is -2.28. The molecule has 0 aliphatic carbocycles. The lowest BCUT2D eigenvalue weighted by molar-refractivity contribution is 0.0347. The summed E-state index contributed by atoms with van der Waals surface area (Å²) in [6.45, 7) is 7.43. The Labute approximate surface area is 120 Å². The van der Waals surface area contributed by atoms with Gasteiger partial charge in [0.25, 0.3) is 0 Å². The van der Waals surface area contributed by atoms with Crippen molar-refractivity contribution in [3.63, 3.8) is 0 Å². The Morgan fingerprint density at radius 1 is 1.16 bits per heavy atom. The van der Waals surface area contributed by atoms with Crippen LogP contribution in [-0.4, -0.2) is 68.5 Å². The number of hydrogen-bond acceptors (Lipinski definition) is 4. The van der Waals surface area contributed by atoms with Crippen LogP contribution >= 0.6 is 11.8 Å². The summed E-state index contributed by atoms with van der Waals surface area (Å²) in [7, 11) is 2.21. The molecule has 1 aliphatic heterocycles. The van der Waals surface area contributed by atoms with Gasteiger partial charge in [-0.3, -0.25) is 4.90 Å². The summed E-state index contributed by atoms with van der Waals surface area (Å²) in [5.74, 6) is 1.16.